The van der Waals surface area contributed by atoms with E-state index in [1.807, 2.05) is 18.2 Å². The molecule has 1 heterocycles. The maximum atomic E-state index is 5.68. The highest BCUT2D eigenvalue weighted by Gasteiger charge is 2.15. The van der Waals surface area contributed by atoms with Gasteiger partial charge in [-0.2, -0.15) is 0 Å². The molecule has 1 aromatic rings. The number of morpholine rings is 1. The van der Waals surface area contributed by atoms with E-state index in [1.165, 1.54) is 5.56 Å². The molecule has 0 aliphatic carbocycles. The fraction of sp³-hybridized carbons (Fsp3) is 0.538. The first-order chi connectivity index (χ1) is 7.84. The average Bonchev–Trinajstić information content (AvgIpc) is 2.30. The first-order valence-electron chi connectivity index (χ1n) is 5.80. The number of hydrogen-bond acceptors (Lipinski definition) is 3. The van der Waals surface area contributed by atoms with Gasteiger partial charge in [0, 0.05) is 13.1 Å². The summed E-state index contributed by atoms with van der Waals surface area (Å²) in [7, 11) is 0. The van der Waals surface area contributed by atoms with Crippen LogP contribution < -0.4 is 0 Å². The Kier molecular flexibility index (Phi) is 4.34. The summed E-state index contributed by atoms with van der Waals surface area (Å²) in [5.74, 6) is 0. The zero-order valence-corrected chi connectivity index (χ0v) is 9.76. The Hall–Kier alpha value is -0.900. The van der Waals surface area contributed by atoms with Crippen LogP contribution in [0.15, 0.2) is 30.3 Å². The largest absolute Gasteiger partial charge is 0.376 e. The van der Waals surface area contributed by atoms with Crippen LogP contribution in [0.5, 0.6) is 0 Å². The van der Waals surface area contributed by atoms with Crippen LogP contribution in [-0.4, -0.2) is 37.4 Å². The lowest BCUT2D eigenvalue weighted by Crippen LogP contribution is -2.42. The minimum Gasteiger partial charge on any atom is -0.376 e. The maximum Gasteiger partial charge on any atom is 0.0996 e. The molecule has 0 bridgehead atoms. The van der Waals surface area contributed by atoms with Gasteiger partial charge in [-0.05, 0) is 12.5 Å². The molecule has 2 rings (SSSR count). The van der Waals surface area contributed by atoms with Gasteiger partial charge in [-0.25, -0.2) is 0 Å². The molecular formula is C13H19NO2. The van der Waals surface area contributed by atoms with Gasteiger partial charge in [0.1, 0.15) is 0 Å². The average molecular weight is 221 g/mol. The number of benzene rings is 1. The summed E-state index contributed by atoms with van der Waals surface area (Å²) in [4.78, 5) is 2.29. The fourth-order valence-electron chi connectivity index (χ4n) is 1.87. The molecular weight excluding hydrogens is 202 g/mol. The first-order valence-corrected chi connectivity index (χ1v) is 5.80. The number of nitrogens with zero attached hydrogens (tertiary/aromatic N) is 1. The summed E-state index contributed by atoms with van der Waals surface area (Å²) >= 11 is 0. The van der Waals surface area contributed by atoms with Crippen LogP contribution in [0.1, 0.15) is 12.5 Å². The number of hydrogen-bond donors (Lipinski definition) is 0. The van der Waals surface area contributed by atoms with Gasteiger partial charge in [0.2, 0.25) is 0 Å². The summed E-state index contributed by atoms with van der Waals surface area (Å²) in [5.41, 5.74) is 1.23. The minimum absolute atomic E-state index is 0.328. The van der Waals surface area contributed by atoms with Gasteiger partial charge in [0.15, 0.2) is 0 Å². The molecule has 1 aliphatic heterocycles. The Labute approximate surface area is 97.0 Å². The molecule has 1 unspecified atom stereocenters. The molecule has 0 radical (unpaired) electrons. The lowest BCUT2D eigenvalue weighted by atomic mass is 10.2. The summed E-state index contributed by atoms with van der Waals surface area (Å²) in [6.07, 6.45) is 0.328. The van der Waals surface area contributed by atoms with Crippen molar-refractivity contribution in [3.05, 3.63) is 35.9 Å². The Morgan fingerprint density at radius 2 is 2.19 bits per heavy atom. The standard InChI is InChI=1S/C13H19NO2/c1-12-9-14(7-8-16-12)11-15-10-13-5-3-2-4-6-13/h2-6,12H,7-11H2,1H3. The van der Waals surface area contributed by atoms with E-state index in [0.29, 0.717) is 19.4 Å². The highest BCUT2D eigenvalue weighted by molar-refractivity contribution is 5.13. The second kappa shape index (κ2) is 5.99. The van der Waals surface area contributed by atoms with Crippen molar-refractivity contribution in [3.8, 4) is 0 Å². The predicted molar refractivity (Wildman–Crippen MR) is 63.1 cm³/mol. The van der Waals surface area contributed by atoms with E-state index in [0.717, 1.165) is 19.7 Å². The smallest absolute Gasteiger partial charge is 0.0996 e. The van der Waals surface area contributed by atoms with Crippen molar-refractivity contribution >= 4 is 0 Å². The summed E-state index contributed by atoms with van der Waals surface area (Å²) in [6, 6.07) is 10.3. The molecule has 1 aliphatic rings. The van der Waals surface area contributed by atoms with E-state index in [1.54, 1.807) is 0 Å². The van der Waals surface area contributed by atoms with Crippen molar-refractivity contribution in [1.29, 1.82) is 0 Å². The Morgan fingerprint density at radius 3 is 2.94 bits per heavy atom. The molecule has 1 atom stereocenters. The van der Waals surface area contributed by atoms with Gasteiger partial charge in [-0.3, -0.25) is 4.90 Å². The third kappa shape index (κ3) is 3.59. The Balaban J connectivity index is 1.68. The van der Waals surface area contributed by atoms with Gasteiger partial charge < -0.3 is 9.47 Å². The van der Waals surface area contributed by atoms with Gasteiger partial charge in [-0.1, -0.05) is 30.3 Å². The van der Waals surface area contributed by atoms with Crippen LogP contribution in [0, 0.1) is 0 Å². The van der Waals surface area contributed by atoms with Gasteiger partial charge in [-0.15, -0.1) is 0 Å². The molecule has 3 nitrogen and oxygen atoms in total. The third-order valence-electron chi connectivity index (χ3n) is 2.71. The molecule has 0 amide bonds. The highest BCUT2D eigenvalue weighted by Crippen LogP contribution is 2.06. The summed E-state index contributed by atoms with van der Waals surface area (Å²) in [5, 5.41) is 0. The van der Waals surface area contributed by atoms with Crippen LogP contribution in [0.2, 0.25) is 0 Å². The number of rotatable bonds is 4. The van der Waals surface area contributed by atoms with Crippen molar-refractivity contribution in [2.75, 3.05) is 26.4 Å². The lowest BCUT2D eigenvalue weighted by Gasteiger charge is -2.30. The van der Waals surface area contributed by atoms with Crippen LogP contribution in [-0.2, 0) is 16.1 Å². The summed E-state index contributed by atoms with van der Waals surface area (Å²) < 4.78 is 11.2. The predicted octanol–water partition coefficient (Wildman–Crippen LogP) is 1.88. The van der Waals surface area contributed by atoms with Crippen LogP contribution >= 0.6 is 0 Å². The molecule has 1 fully saturated rings. The topological polar surface area (TPSA) is 21.7 Å². The van der Waals surface area contributed by atoms with Crippen molar-refractivity contribution in [2.24, 2.45) is 0 Å². The molecule has 88 valence electrons. The molecule has 0 spiro atoms. The van der Waals surface area contributed by atoms with E-state index in [9.17, 15) is 0 Å². The number of ether oxygens (including phenoxy) is 2. The second-order valence-corrected chi connectivity index (χ2v) is 4.22. The van der Waals surface area contributed by atoms with E-state index >= 15 is 0 Å². The Morgan fingerprint density at radius 1 is 1.38 bits per heavy atom. The zero-order chi connectivity index (χ0) is 11.2. The second-order valence-electron chi connectivity index (χ2n) is 4.22. The molecule has 16 heavy (non-hydrogen) atoms. The van der Waals surface area contributed by atoms with Crippen molar-refractivity contribution in [3.63, 3.8) is 0 Å². The van der Waals surface area contributed by atoms with Gasteiger partial charge >= 0.3 is 0 Å². The molecule has 1 saturated heterocycles. The molecule has 1 aromatic carbocycles. The maximum absolute atomic E-state index is 5.68. The van der Waals surface area contributed by atoms with E-state index in [4.69, 9.17) is 9.47 Å². The zero-order valence-electron chi connectivity index (χ0n) is 9.76. The molecule has 0 aromatic heterocycles. The van der Waals surface area contributed by atoms with Gasteiger partial charge in [0.25, 0.3) is 0 Å². The van der Waals surface area contributed by atoms with Crippen molar-refractivity contribution in [2.45, 2.75) is 19.6 Å². The first kappa shape index (κ1) is 11.6. The Bertz CT molecular complexity index is 302. The van der Waals surface area contributed by atoms with E-state index in [-0.39, 0.29) is 0 Å². The van der Waals surface area contributed by atoms with Crippen molar-refractivity contribution < 1.29 is 9.47 Å². The van der Waals surface area contributed by atoms with Gasteiger partial charge in [0.05, 0.1) is 26.0 Å². The normalized spacial score (nSPS) is 22.2. The lowest BCUT2D eigenvalue weighted by molar-refractivity contribution is -0.0684. The molecule has 0 N–H and O–H groups in total. The quantitative estimate of drug-likeness (QED) is 0.775. The highest BCUT2D eigenvalue weighted by atomic mass is 16.5. The van der Waals surface area contributed by atoms with Crippen LogP contribution in [0.25, 0.3) is 0 Å². The van der Waals surface area contributed by atoms with Crippen molar-refractivity contribution in [1.82, 2.24) is 4.90 Å². The fourth-order valence-corrected chi connectivity index (χ4v) is 1.87. The minimum atomic E-state index is 0.328. The third-order valence-corrected chi connectivity index (χ3v) is 2.71. The monoisotopic (exact) mass is 221 g/mol. The molecule has 3 heteroatoms. The molecule has 0 saturated carbocycles. The van der Waals surface area contributed by atoms with Crippen LogP contribution in [0.4, 0.5) is 0 Å². The van der Waals surface area contributed by atoms with E-state index in [2.05, 4.69) is 24.0 Å². The van der Waals surface area contributed by atoms with Crippen LogP contribution in [0.3, 0.4) is 0 Å². The van der Waals surface area contributed by atoms with E-state index < -0.39 is 0 Å². The SMILES string of the molecule is CC1CN(COCc2ccccc2)CCO1. The summed E-state index contributed by atoms with van der Waals surface area (Å²) in [6.45, 7) is 6.24.